The molecule has 0 aliphatic carbocycles. The summed E-state index contributed by atoms with van der Waals surface area (Å²) in [5.74, 6) is 0.0850. The van der Waals surface area contributed by atoms with Gasteiger partial charge in [-0.1, -0.05) is 56.3 Å². The Labute approximate surface area is 135 Å². The van der Waals surface area contributed by atoms with Gasteiger partial charge in [0.05, 0.1) is 5.69 Å². The van der Waals surface area contributed by atoms with Gasteiger partial charge in [-0.15, -0.1) is 0 Å². The summed E-state index contributed by atoms with van der Waals surface area (Å²) in [7, 11) is 4.51. The van der Waals surface area contributed by atoms with Gasteiger partial charge in [-0.2, -0.15) is 0 Å². The van der Waals surface area contributed by atoms with E-state index in [9.17, 15) is 4.79 Å². The van der Waals surface area contributed by atoms with Crippen molar-refractivity contribution in [3.05, 3.63) is 53.7 Å². The van der Waals surface area contributed by atoms with Gasteiger partial charge < -0.3 is 0 Å². The highest BCUT2D eigenvalue weighted by Gasteiger charge is 2.34. The molecule has 1 aromatic carbocycles. The van der Waals surface area contributed by atoms with E-state index in [2.05, 4.69) is 53.6 Å². The molecular weight excluding hydrogens is 268 g/mol. The summed E-state index contributed by atoms with van der Waals surface area (Å²) in [4.78, 5) is 15.9. The van der Waals surface area contributed by atoms with Crippen molar-refractivity contribution in [1.82, 2.24) is 4.98 Å². The third-order valence-electron chi connectivity index (χ3n) is 4.95. The molecule has 112 valence electrons. The van der Waals surface area contributed by atoms with Crippen molar-refractivity contribution in [3.63, 3.8) is 0 Å². The van der Waals surface area contributed by atoms with Gasteiger partial charge in [0, 0.05) is 17.3 Å². The van der Waals surface area contributed by atoms with E-state index in [1.165, 1.54) is 5.56 Å². The lowest BCUT2D eigenvalue weighted by Gasteiger charge is -2.39. The Morgan fingerprint density at radius 1 is 1.00 bits per heavy atom. The highest BCUT2D eigenvalue weighted by atomic mass is 16.1. The summed E-state index contributed by atoms with van der Waals surface area (Å²) in [5.41, 5.74) is 4.10. The van der Waals surface area contributed by atoms with E-state index < -0.39 is 0 Å². The molecule has 22 heavy (non-hydrogen) atoms. The molecule has 0 fully saturated rings. The molecule has 0 aliphatic heterocycles. The number of rotatable bonds is 3. The number of ketones is 1. The van der Waals surface area contributed by atoms with Crippen LogP contribution in [0.25, 0.3) is 11.3 Å². The summed E-state index contributed by atoms with van der Waals surface area (Å²) in [6.07, 6.45) is 1.97. The van der Waals surface area contributed by atoms with Crippen LogP contribution in [-0.4, -0.2) is 26.5 Å². The highest BCUT2D eigenvalue weighted by molar-refractivity contribution is 6.40. The van der Waals surface area contributed by atoms with Crippen molar-refractivity contribution in [2.75, 3.05) is 0 Å². The molecule has 2 nitrogen and oxygen atoms in total. The van der Waals surface area contributed by atoms with Gasteiger partial charge in [0.2, 0.25) is 0 Å². The van der Waals surface area contributed by atoms with Crippen LogP contribution in [-0.2, 0) is 5.21 Å². The van der Waals surface area contributed by atoms with E-state index in [4.69, 9.17) is 0 Å². The van der Waals surface area contributed by atoms with Crippen LogP contribution in [0.5, 0.6) is 0 Å². The first-order chi connectivity index (χ1) is 10.1. The fourth-order valence-corrected chi connectivity index (χ4v) is 2.24. The van der Waals surface area contributed by atoms with E-state index in [-0.39, 0.29) is 16.4 Å². The molecule has 1 aromatic heterocycles. The van der Waals surface area contributed by atoms with Crippen LogP contribution in [0, 0.1) is 5.41 Å². The van der Waals surface area contributed by atoms with Crippen molar-refractivity contribution >= 4 is 21.5 Å². The maximum absolute atomic E-state index is 11.3. The molecule has 0 bridgehead atoms. The second-order valence-electron chi connectivity index (χ2n) is 7.44. The summed E-state index contributed by atoms with van der Waals surface area (Å²) in [6, 6.07) is 11.8. The molecule has 0 N–H and O–H groups in total. The summed E-state index contributed by atoms with van der Waals surface area (Å²) in [6.45, 7) is 8.33. The Morgan fingerprint density at radius 2 is 1.59 bits per heavy atom. The van der Waals surface area contributed by atoms with Gasteiger partial charge in [0.25, 0.3) is 0 Å². The first-order valence-electron chi connectivity index (χ1n) is 7.71. The van der Waals surface area contributed by atoms with Crippen molar-refractivity contribution in [1.29, 1.82) is 0 Å². The lowest BCUT2D eigenvalue weighted by molar-refractivity contribution is 0.101. The smallest absolute Gasteiger partial charge is 0.159 e. The summed E-state index contributed by atoms with van der Waals surface area (Å²) >= 11 is 0. The molecule has 0 radical (unpaired) electrons. The largest absolute Gasteiger partial charge is 0.295 e. The number of benzene rings is 1. The molecule has 0 saturated carbocycles. The van der Waals surface area contributed by atoms with Crippen LogP contribution < -0.4 is 0 Å². The molecule has 0 amide bonds. The minimum absolute atomic E-state index is 0.0526. The normalized spacial score (nSPS) is 12.2. The zero-order valence-corrected chi connectivity index (χ0v) is 14.4. The van der Waals surface area contributed by atoms with E-state index in [1.807, 2.05) is 30.5 Å². The van der Waals surface area contributed by atoms with Crippen LogP contribution in [0.1, 0.15) is 43.6 Å². The topological polar surface area (TPSA) is 30.0 Å². The lowest BCUT2D eigenvalue weighted by Crippen LogP contribution is -2.41. The molecule has 2 rings (SSSR count). The fourth-order valence-electron chi connectivity index (χ4n) is 2.24. The van der Waals surface area contributed by atoms with Crippen LogP contribution in [0.3, 0.4) is 0 Å². The van der Waals surface area contributed by atoms with Gasteiger partial charge in [-0.05, 0) is 24.0 Å². The van der Waals surface area contributed by atoms with Gasteiger partial charge in [0.15, 0.2) is 5.78 Å². The van der Waals surface area contributed by atoms with Crippen molar-refractivity contribution in [2.24, 2.45) is 5.41 Å². The van der Waals surface area contributed by atoms with Gasteiger partial charge in [0.1, 0.15) is 15.7 Å². The van der Waals surface area contributed by atoms with Crippen molar-refractivity contribution < 1.29 is 4.79 Å². The Bertz CT molecular complexity index is 668. The van der Waals surface area contributed by atoms with E-state index >= 15 is 0 Å². The van der Waals surface area contributed by atoms with Crippen LogP contribution in [0.2, 0.25) is 0 Å². The fraction of sp³-hybridized carbons (Fsp3) is 0.333. The second-order valence-corrected chi connectivity index (χ2v) is 7.44. The zero-order chi connectivity index (χ0) is 16.5. The summed E-state index contributed by atoms with van der Waals surface area (Å²) in [5, 5.41) is 0.0526. The van der Waals surface area contributed by atoms with E-state index in [1.54, 1.807) is 6.92 Å². The summed E-state index contributed by atoms with van der Waals surface area (Å²) < 4.78 is 0. The molecule has 0 saturated heterocycles. The van der Waals surface area contributed by atoms with Crippen LogP contribution in [0.4, 0.5) is 0 Å². The molecule has 4 heteroatoms. The standard InChI is InChI=1S/C18H23B2NO/c1-12(22)13-5-7-14(8-6-13)16-10-9-15(11-21-16)18(19,20)17(2,3)4/h5-11H,19-20H2,1-4H3. The Morgan fingerprint density at radius 3 is 2.00 bits per heavy atom. The van der Waals surface area contributed by atoms with Crippen LogP contribution >= 0.6 is 0 Å². The van der Waals surface area contributed by atoms with Crippen LogP contribution in [0.15, 0.2) is 42.6 Å². The second kappa shape index (κ2) is 5.75. The van der Waals surface area contributed by atoms with Gasteiger partial charge >= 0.3 is 0 Å². The number of hydrogen-bond acceptors (Lipinski definition) is 2. The first kappa shape index (κ1) is 16.5. The number of aromatic nitrogens is 1. The average molecular weight is 291 g/mol. The number of hydrogen-bond donors (Lipinski definition) is 0. The minimum Gasteiger partial charge on any atom is -0.295 e. The van der Waals surface area contributed by atoms with E-state index in [0.29, 0.717) is 0 Å². The maximum atomic E-state index is 11.3. The molecule has 0 aliphatic rings. The Hall–Kier alpha value is -1.83. The number of carbonyl (C=O) groups is 1. The SMILES string of the molecule is BC(B)(c1ccc(-c2ccc(C(C)=O)cc2)nc1)C(C)(C)C. The number of Topliss-reactive ketones (excluding diaryl/α,β-unsaturated/α-hetero) is 1. The van der Waals surface area contributed by atoms with E-state index in [0.717, 1.165) is 16.8 Å². The number of carbonyl (C=O) groups excluding carboxylic acids is 1. The number of nitrogens with zero attached hydrogens (tertiary/aromatic N) is 1. The zero-order valence-electron chi connectivity index (χ0n) is 14.4. The molecule has 1 heterocycles. The predicted molar refractivity (Wildman–Crippen MR) is 97.9 cm³/mol. The van der Waals surface area contributed by atoms with Gasteiger partial charge in [-0.3, -0.25) is 9.78 Å². The molecule has 2 aromatic rings. The van der Waals surface area contributed by atoms with Gasteiger partial charge in [-0.25, -0.2) is 0 Å². The predicted octanol–water partition coefficient (Wildman–Crippen LogP) is 2.42. The maximum Gasteiger partial charge on any atom is 0.159 e. The average Bonchev–Trinajstić information content (AvgIpc) is 2.46. The highest BCUT2D eigenvalue weighted by Crippen LogP contribution is 2.36. The lowest BCUT2D eigenvalue weighted by atomic mass is 9.41. The third kappa shape index (κ3) is 3.16. The quantitative estimate of drug-likeness (QED) is 0.642. The monoisotopic (exact) mass is 291 g/mol. The Balaban J connectivity index is 2.31. The molecule has 0 atom stereocenters. The minimum atomic E-state index is 0.0526. The molecular formula is C18H23B2NO. The third-order valence-corrected chi connectivity index (χ3v) is 4.95. The molecule has 0 unspecified atom stereocenters. The Kier molecular flexibility index (Phi) is 4.32. The first-order valence-corrected chi connectivity index (χ1v) is 7.71. The van der Waals surface area contributed by atoms with Crippen molar-refractivity contribution in [3.8, 4) is 11.3 Å². The van der Waals surface area contributed by atoms with Crippen molar-refractivity contribution in [2.45, 2.75) is 32.9 Å². The molecule has 0 spiro atoms. The number of pyridine rings is 1.